The molecule has 1 fully saturated rings. The van der Waals surface area contributed by atoms with E-state index in [0.29, 0.717) is 12.0 Å². The molecule has 0 aromatic heterocycles. The second-order valence-electron chi connectivity index (χ2n) is 9.73. The highest BCUT2D eigenvalue weighted by atomic mass is 35.5. The van der Waals surface area contributed by atoms with Crippen LogP contribution in [-0.4, -0.2) is 31.2 Å². The second-order valence-corrected chi connectivity index (χ2v) is 10.1. The standard InChI is InChI=1S/C31H28ClF4N/c32-29-18-25(31(34,35)36)13-14-27(29)28-8-3-6-23-5-1-2-7-26(23)30(28)24-11-9-21(10-12-24)17-22-19-37(20-22)16-4-15-33/h1-2,5,7,9-14,17-18H,3-4,6,8,15-16,19-20H2. The van der Waals surface area contributed by atoms with Crippen LogP contribution in [0.3, 0.4) is 0 Å². The average Bonchev–Trinajstić information content (AvgIpc) is 3.05. The SMILES string of the molecule is FCCCN1CC(=Cc2ccc(C3=C(c4ccc(C(F)(F)F)cc4Cl)CCCc4ccccc43)cc2)C1. The molecule has 1 aliphatic heterocycles. The summed E-state index contributed by atoms with van der Waals surface area (Å²) in [5, 5.41) is 0.116. The van der Waals surface area contributed by atoms with Crippen LogP contribution in [0.15, 0.2) is 72.3 Å². The highest BCUT2D eigenvalue weighted by Gasteiger charge is 2.31. The average molecular weight is 526 g/mol. The summed E-state index contributed by atoms with van der Waals surface area (Å²) in [6, 6.07) is 20.2. The van der Waals surface area contributed by atoms with Gasteiger partial charge in [0.1, 0.15) is 0 Å². The van der Waals surface area contributed by atoms with Crippen LogP contribution in [0.2, 0.25) is 5.02 Å². The lowest BCUT2D eigenvalue weighted by molar-refractivity contribution is -0.137. The Bertz CT molecular complexity index is 1330. The number of alkyl halides is 4. The van der Waals surface area contributed by atoms with E-state index in [-0.39, 0.29) is 11.7 Å². The van der Waals surface area contributed by atoms with Gasteiger partial charge >= 0.3 is 6.18 Å². The summed E-state index contributed by atoms with van der Waals surface area (Å²) in [6.45, 7) is 2.25. The van der Waals surface area contributed by atoms with Gasteiger partial charge in [0.25, 0.3) is 0 Å². The van der Waals surface area contributed by atoms with Crippen molar-refractivity contribution in [3.05, 3.63) is 111 Å². The Labute approximate surface area is 220 Å². The number of hydrogen-bond donors (Lipinski definition) is 0. The third-order valence-electron chi connectivity index (χ3n) is 7.11. The fourth-order valence-electron chi connectivity index (χ4n) is 5.30. The van der Waals surface area contributed by atoms with E-state index in [1.165, 1.54) is 17.2 Å². The molecule has 0 amide bonds. The number of likely N-dealkylation sites (tertiary alicyclic amines) is 1. The monoisotopic (exact) mass is 525 g/mol. The van der Waals surface area contributed by atoms with Crippen LogP contribution in [0.5, 0.6) is 0 Å². The summed E-state index contributed by atoms with van der Waals surface area (Å²) in [6.07, 6.45) is 0.809. The molecule has 0 atom stereocenters. The molecule has 0 bridgehead atoms. The number of benzene rings is 3. The van der Waals surface area contributed by atoms with E-state index in [9.17, 15) is 17.6 Å². The molecule has 0 unspecified atom stereocenters. The number of fused-ring (bicyclic) bond motifs is 1. The topological polar surface area (TPSA) is 3.24 Å². The minimum atomic E-state index is -4.44. The summed E-state index contributed by atoms with van der Waals surface area (Å²) in [5.74, 6) is 0. The van der Waals surface area contributed by atoms with Crippen LogP contribution in [-0.2, 0) is 12.6 Å². The first-order valence-corrected chi connectivity index (χ1v) is 13.0. The Hall–Kier alpha value is -2.89. The van der Waals surface area contributed by atoms with Crippen molar-refractivity contribution >= 4 is 28.8 Å². The number of aryl methyl sites for hydroxylation is 1. The molecular formula is C31H28ClF4N. The first kappa shape index (κ1) is 25.7. The zero-order chi connectivity index (χ0) is 26.0. The van der Waals surface area contributed by atoms with Crippen molar-refractivity contribution in [3.63, 3.8) is 0 Å². The predicted molar refractivity (Wildman–Crippen MR) is 143 cm³/mol. The van der Waals surface area contributed by atoms with Crippen molar-refractivity contribution in [1.82, 2.24) is 4.90 Å². The van der Waals surface area contributed by atoms with Crippen LogP contribution in [0, 0.1) is 0 Å². The van der Waals surface area contributed by atoms with E-state index < -0.39 is 11.7 Å². The third kappa shape index (κ3) is 5.68. The molecular weight excluding hydrogens is 498 g/mol. The molecule has 2 aliphatic rings. The van der Waals surface area contributed by atoms with Gasteiger partial charge in [-0.2, -0.15) is 13.2 Å². The number of nitrogens with zero attached hydrogens (tertiary/aromatic N) is 1. The highest BCUT2D eigenvalue weighted by molar-refractivity contribution is 6.33. The first-order valence-electron chi connectivity index (χ1n) is 12.6. The van der Waals surface area contributed by atoms with Gasteiger partial charge in [0.2, 0.25) is 0 Å². The highest BCUT2D eigenvalue weighted by Crippen LogP contribution is 2.43. The van der Waals surface area contributed by atoms with Crippen LogP contribution in [0.25, 0.3) is 17.2 Å². The van der Waals surface area contributed by atoms with Gasteiger partial charge in [0.05, 0.1) is 12.2 Å². The number of hydrogen-bond acceptors (Lipinski definition) is 1. The largest absolute Gasteiger partial charge is 0.416 e. The predicted octanol–water partition coefficient (Wildman–Crippen LogP) is 8.71. The Morgan fingerprint density at radius 1 is 0.892 bits per heavy atom. The summed E-state index contributed by atoms with van der Waals surface area (Å²) in [5.41, 5.74) is 7.66. The van der Waals surface area contributed by atoms with E-state index in [1.54, 1.807) is 0 Å². The third-order valence-corrected chi connectivity index (χ3v) is 7.43. The molecule has 192 valence electrons. The summed E-state index contributed by atoms with van der Waals surface area (Å²) in [4.78, 5) is 2.23. The lowest BCUT2D eigenvalue weighted by Gasteiger charge is -2.33. The Morgan fingerprint density at radius 3 is 2.35 bits per heavy atom. The molecule has 1 saturated heterocycles. The van der Waals surface area contributed by atoms with E-state index in [4.69, 9.17) is 11.6 Å². The van der Waals surface area contributed by atoms with E-state index >= 15 is 0 Å². The van der Waals surface area contributed by atoms with Crippen LogP contribution in [0.1, 0.15) is 52.6 Å². The minimum Gasteiger partial charge on any atom is -0.295 e. The molecule has 1 heterocycles. The molecule has 0 saturated carbocycles. The van der Waals surface area contributed by atoms with Gasteiger partial charge in [-0.05, 0) is 82.4 Å². The fraction of sp³-hybridized carbons (Fsp3) is 0.290. The molecule has 37 heavy (non-hydrogen) atoms. The Balaban J connectivity index is 1.53. The zero-order valence-corrected chi connectivity index (χ0v) is 21.2. The number of allylic oxidation sites excluding steroid dienone is 1. The maximum absolute atomic E-state index is 13.3. The van der Waals surface area contributed by atoms with Gasteiger partial charge in [-0.1, -0.05) is 72.3 Å². The summed E-state index contributed by atoms with van der Waals surface area (Å²) >= 11 is 6.48. The maximum atomic E-state index is 13.3. The molecule has 0 spiro atoms. The van der Waals surface area contributed by atoms with Crippen LogP contribution >= 0.6 is 11.6 Å². The Kier molecular flexibility index (Phi) is 7.55. The van der Waals surface area contributed by atoms with Crippen molar-refractivity contribution in [2.45, 2.75) is 31.9 Å². The molecule has 1 aliphatic carbocycles. The van der Waals surface area contributed by atoms with Crippen molar-refractivity contribution < 1.29 is 17.6 Å². The van der Waals surface area contributed by atoms with Crippen LogP contribution in [0.4, 0.5) is 17.6 Å². The van der Waals surface area contributed by atoms with Crippen LogP contribution < -0.4 is 0 Å². The first-order chi connectivity index (χ1) is 17.8. The molecule has 5 rings (SSSR count). The van der Waals surface area contributed by atoms with Crippen molar-refractivity contribution in [2.24, 2.45) is 0 Å². The molecule has 1 nitrogen and oxygen atoms in total. The maximum Gasteiger partial charge on any atom is 0.416 e. The van der Waals surface area contributed by atoms with Crippen molar-refractivity contribution in [3.8, 4) is 0 Å². The number of halogens is 5. The van der Waals surface area contributed by atoms with Gasteiger partial charge in [-0.15, -0.1) is 0 Å². The minimum absolute atomic E-state index is 0.116. The Morgan fingerprint density at radius 2 is 1.65 bits per heavy atom. The van der Waals surface area contributed by atoms with Crippen molar-refractivity contribution in [2.75, 3.05) is 26.3 Å². The zero-order valence-electron chi connectivity index (χ0n) is 20.4. The quantitative estimate of drug-likeness (QED) is 0.291. The van der Waals surface area contributed by atoms with Gasteiger partial charge in [-0.3, -0.25) is 9.29 Å². The van der Waals surface area contributed by atoms with E-state index in [1.807, 2.05) is 12.1 Å². The molecule has 3 aromatic carbocycles. The van der Waals surface area contributed by atoms with Crippen molar-refractivity contribution in [1.29, 1.82) is 0 Å². The molecule has 0 N–H and O–H groups in total. The smallest absolute Gasteiger partial charge is 0.295 e. The lowest BCUT2D eigenvalue weighted by atomic mass is 9.87. The molecule has 0 radical (unpaired) electrons. The fourth-order valence-corrected chi connectivity index (χ4v) is 5.60. The molecule has 3 aromatic rings. The lowest BCUT2D eigenvalue weighted by Crippen LogP contribution is -2.40. The number of rotatable bonds is 6. The van der Waals surface area contributed by atoms with E-state index in [0.717, 1.165) is 78.9 Å². The normalized spacial score (nSPS) is 16.3. The summed E-state index contributed by atoms with van der Waals surface area (Å²) < 4.78 is 52.3. The van der Waals surface area contributed by atoms with Gasteiger partial charge in [-0.25, -0.2) is 0 Å². The summed E-state index contributed by atoms with van der Waals surface area (Å²) in [7, 11) is 0. The van der Waals surface area contributed by atoms with Gasteiger partial charge in [0.15, 0.2) is 0 Å². The van der Waals surface area contributed by atoms with E-state index in [2.05, 4.69) is 47.4 Å². The van der Waals surface area contributed by atoms with Gasteiger partial charge < -0.3 is 0 Å². The second kappa shape index (κ2) is 10.8. The molecule has 6 heteroatoms. The van der Waals surface area contributed by atoms with Gasteiger partial charge in [0, 0.05) is 24.7 Å².